The number of esters is 1. The summed E-state index contributed by atoms with van der Waals surface area (Å²) in [4.78, 5) is 11.4. The predicted molar refractivity (Wildman–Crippen MR) is 68.5 cm³/mol. The lowest BCUT2D eigenvalue weighted by Crippen LogP contribution is -2.16. The molecule has 1 rings (SSSR count). The second kappa shape index (κ2) is 7.71. The molecule has 0 aliphatic carbocycles. The SMILES string of the molecule is CCCCOC(=O)COc1c(C)cccc1CO. The fraction of sp³-hybridized carbons (Fsp3) is 0.500. The number of para-hydroxylation sites is 1. The zero-order valence-electron chi connectivity index (χ0n) is 10.9. The van der Waals surface area contributed by atoms with Gasteiger partial charge >= 0.3 is 5.97 Å². The van der Waals surface area contributed by atoms with E-state index in [1.165, 1.54) is 0 Å². The van der Waals surface area contributed by atoms with E-state index in [1.54, 1.807) is 6.07 Å². The Hall–Kier alpha value is -1.55. The van der Waals surface area contributed by atoms with Gasteiger partial charge in [0.2, 0.25) is 0 Å². The highest BCUT2D eigenvalue weighted by molar-refractivity contribution is 5.71. The molecule has 0 amide bonds. The van der Waals surface area contributed by atoms with Crippen molar-refractivity contribution in [2.75, 3.05) is 13.2 Å². The molecule has 0 saturated carbocycles. The molecule has 1 aromatic rings. The van der Waals surface area contributed by atoms with Crippen LogP contribution in [0.2, 0.25) is 0 Å². The number of rotatable bonds is 7. The first kappa shape index (κ1) is 14.5. The monoisotopic (exact) mass is 252 g/mol. The first-order valence-corrected chi connectivity index (χ1v) is 6.16. The Morgan fingerprint density at radius 1 is 1.39 bits per heavy atom. The molecule has 0 atom stereocenters. The van der Waals surface area contributed by atoms with Crippen LogP contribution in [0.3, 0.4) is 0 Å². The van der Waals surface area contributed by atoms with Crippen molar-refractivity contribution >= 4 is 5.97 Å². The third kappa shape index (κ3) is 4.37. The van der Waals surface area contributed by atoms with Crippen molar-refractivity contribution in [1.82, 2.24) is 0 Å². The molecular weight excluding hydrogens is 232 g/mol. The van der Waals surface area contributed by atoms with E-state index in [0.29, 0.717) is 17.9 Å². The summed E-state index contributed by atoms with van der Waals surface area (Å²) in [5.74, 6) is 0.183. The minimum Gasteiger partial charge on any atom is -0.481 e. The van der Waals surface area contributed by atoms with Crippen LogP contribution in [0.25, 0.3) is 0 Å². The number of unbranched alkanes of at least 4 members (excludes halogenated alkanes) is 1. The second-order valence-electron chi connectivity index (χ2n) is 4.08. The molecule has 0 unspecified atom stereocenters. The maximum absolute atomic E-state index is 11.4. The summed E-state index contributed by atoms with van der Waals surface area (Å²) < 4.78 is 10.4. The largest absolute Gasteiger partial charge is 0.481 e. The van der Waals surface area contributed by atoms with Crippen molar-refractivity contribution in [1.29, 1.82) is 0 Å². The van der Waals surface area contributed by atoms with E-state index in [2.05, 4.69) is 0 Å². The molecule has 0 fully saturated rings. The highest BCUT2D eigenvalue weighted by atomic mass is 16.6. The standard InChI is InChI=1S/C14H20O4/c1-3-4-8-17-13(16)10-18-14-11(2)6-5-7-12(14)9-15/h5-7,15H,3-4,8-10H2,1-2H3. The minimum atomic E-state index is -0.379. The maximum Gasteiger partial charge on any atom is 0.344 e. The number of carbonyl (C=O) groups is 1. The van der Waals surface area contributed by atoms with Crippen LogP contribution >= 0.6 is 0 Å². The third-order valence-corrected chi connectivity index (χ3v) is 2.56. The number of hydrogen-bond acceptors (Lipinski definition) is 4. The molecule has 100 valence electrons. The van der Waals surface area contributed by atoms with E-state index in [4.69, 9.17) is 9.47 Å². The summed E-state index contributed by atoms with van der Waals surface area (Å²) in [5, 5.41) is 9.19. The summed E-state index contributed by atoms with van der Waals surface area (Å²) in [5.41, 5.74) is 1.57. The van der Waals surface area contributed by atoms with Gasteiger partial charge in [0.05, 0.1) is 13.2 Å². The molecule has 0 heterocycles. The quantitative estimate of drug-likeness (QED) is 0.597. The van der Waals surface area contributed by atoms with Crippen molar-refractivity contribution < 1.29 is 19.4 Å². The van der Waals surface area contributed by atoms with E-state index in [1.807, 2.05) is 26.0 Å². The summed E-state index contributed by atoms with van der Waals surface area (Å²) in [6.45, 7) is 4.10. The number of ether oxygens (including phenoxy) is 2. The van der Waals surface area contributed by atoms with Gasteiger partial charge in [-0.2, -0.15) is 0 Å². The second-order valence-corrected chi connectivity index (χ2v) is 4.08. The topological polar surface area (TPSA) is 55.8 Å². The molecular formula is C14H20O4. The van der Waals surface area contributed by atoms with Gasteiger partial charge in [0, 0.05) is 5.56 Å². The molecule has 4 heteroatoms. The van der Waals surface area contributed by atoms with Crippen LogP contribution in [0, 0.1) is 6.92 Å². The summed E-state index contributed by atoms with van der Waals surface area (Å²) >= 11 is 0. The highest BCUT2D eigenvalue weighted by Crippen LogP contribution is 2.23. The summed E-state index contributed by atoms with van der Waals surface area (Å²) in [6.07, 6.45) is 1.85. The minimum absolute atomic E-state index is 0.109. The lowest BCUT2D eigenvalue weighted by Gasteiger charge is -2.12. The predicted octanol–water partition coefficient (Wildman–Crippen LogP) is 2.21. The van der Waals surface area contributed by atoms with E-state index in [9.17, 15) is 9.90 Å². The molecule has 0 radical (unpaired) electrons. The molecule has 0 aromatic heterocycles. The fourth-order valence-corrected chi connectivity index (χ4v) is 1.55. The third-order valence-electron chi connectivity index (χ3n) is 2.56. The Morgan fingerprint density at radius 2 is 2.17 bits per heavy atom. The average Bonchev–Trinajstić information content (AvgIpc) is 2.37. The molecule has 18 heavy (non-hydrogen) atoms. The zero-order chi connectivity index (χ0) is 13.4. The van der Waals surface area contributed by atoms with Crippen LogP contribution in [-0.4, -0.2) is 24.3 Å². The smallest absolute Gasteiger partial charge is 0.344 e. The average molecular weight is 252 g/mol. The summed E-state index contributed by atoms with van der Waals surface area (Å²) in [7, 11) is 0. The summed E-state index contributed by atoms with van der Waals surface area (Å²) in [6, 6.07) is 5.48. The van der Waals surface area contributed by atoms with Gasteiger partial charge in [-0.25, -0.2) is 4.79 Å². The van der Waals surface area contributed by atoms with Gasteiger partial charge < -0.3 is 14.6 Å². The van der Waals surface area contributed by atoms with Crippen molar-refractivity contribution in [3.8, 4) is 5.75 Å². The van der Waals surface area contributed by atoms with Gasteiger partial charge in [-0.1, -0.05) is 31.5 Å². The molecule has 0 bridgehead atoms. The van der Waals surface area contributed by atoms with Crippen LogP contribution in [0.4, 0.5) is 0 Å². The molecule has 0 aliphatic rings. The van der Waals surface area contributed by atoms with E-state index < -0.39 is 0 Å². The normalized spacial score (nSPS) is 10.2. The fourth-order valence-electron chi connectivity index (χ4n) is 1.55. The zero-order valence-corrected chi connectivity index (χ0v) is 10.9. The van der Waals surface area contributed by atoms with Gasteiger partial charge in [-0.05, 0) is 18.9 Å². The van der Waals surface area contributed by atoms with Crippen molar-refractivity contribution in [2.45, 2.75) is 33.3 Å². The van der Waals surface area contributed by atoms with Crippen LogP contribution in [-0.2, 0) is 16.1 Å². The molecule has 1 N–H and O–H groups in total. The Labute approximate surface area is 108 Å². The Kier molecular flexibility index (Phi) is 6.22. The van der Waals surface area contributed by atoms with Crippen molar-refractivity contribution in [3.05, 3.63) is 29.3 Å². The molecule has 1 aromatic carbocycles. The Balaban J connectivity index is 2.50. The number of hydrogen-bond donors (Lipinski definition) is 1. The first-order valence-electron chi connectivity index (χ1n) is 6.16. The number of aryl methyl sites for hydroxylation is 1. The van der Waals surface area contributed by atoms with Gasteiger partial charge in [-0.15, -0.1) is 0 Å². The Bertz CT molecular complexity index is 387. The number of benzene rings is 1. The maximum atomic E-state index is 11.4. The number of carbonyl (C=O) groups excluding carboxylic acids is 1. The number of aliphatic hydroxyl groups excluding tert-OH is 1. The van der Waals surface area contributed by atoms with Gasteiger partial charge in [-0.3, -0.25) is 0 Å². The molecule has 0 saturated heterocycles. The molecule has 4 nitrogen and oxygen atoms in total. The highest BCUT2D eigenvalue weighted by Gasteiger charge is 2.09. The molecule has 0 spiro atoms. The van der Waals surface area contributed by atoms with Crippen LogP contribution < -0.4 is 4.74 Å². The van der Waals surface area contributed by atoms with Gasteiger partial charge in [0.25, 0.3) is 0 Å². The van der Waals surface area contributed by atoms with Crippen molar-refractivity contribution in [2.24, 2.45) is 0 Å². The Morgan fingerprint density at radius 3 is 2.83 bits per heavy atom. The van der Waals surface area contributed by atoms with Gasteiger partial charge in [0.1, 0.15) is 5.75 Å². The van der Waals surface area contributed by atoms with Crippen LogP contribution in [0.15, 0.2) is 18.2 Å². The first-order chi connectivity index (χ1) is 8.69. The molecule has 0 aliphatic heterocycles. The lowest BCUT2D eigenvalue weighted by atomic mass is 10.1. The van der Waals surface area contributed by atoms with Crippen molar-refractivity contribution in [3.63, 3.8) is 0 Å². The lowest BCUT2D eigenvalue weighted by molar-refractivity contribution is -0.146. The van der Waals surface area contributed by atoms with Crippen LogP contribution in [0.1, 0.15) is 30.9 Å². The van der Waals surface area contributed by atoms with E-state index in [0.717, 1.165) is 18.4 Å². The van der Waals surface area contributed by atoms with E-state index >= 15 is 0 Å². The van der Waals surface area contributed by atoms with Crippen LogP contribution in [0.5, 0.6) is 5.75 Å². The number of aliphatic hydroxyl groups is 1. The van der Waals surface area contributed by atoms with Gasteiger partial charge in [0.15, 0.2) is 6.61 Å². The van der Waals surface area contributed by atoms with E-state index in [-0.39, 0.29) is 19.2 Å².